The summed E-state index contributed by atoms with van der Waals surface area (Å²) in [5.41, 5.74) is 2.02. The van der Waals surface area contributed by atoms with Gasteiger partial charge in [-0.05, 0) is 19.4 Å². The molecule has 0 unspecified atom stereocenters. The Hall–Kier alpha value is -2.31. The Morgan fingerprint density at radius 1 is 1.35 bits per heavy atom. The van der Waals surface area contributed by atoms with Crippen molar-refractivity contribution in [3.8, 4) is 11.5 Å². The number of hydrogen-bond acceptors (Lipinski definition) is 6. The molecule has 1 N–H and O–H groups in total. The van der Waals surface area contributed by atoms with Crippen LogP contribution >= 0.6 is 0 Å². The first-order valence-electron chi connectivity index (χ1n) is 5.02. The summed E-state index contributed by atoms with van der Waals surface area (Å²) in [5.74, 6) is -1.53. The molecule has 7 nitrogen and oxygen atoms in total. The zero-order chi connectivity index (χ0) is 12.4. The molecule has 0 bridgehead atoms. The van der Waals surface area contributed by atoms with Crippen molar-refractivity contribution in [1.82, 2.24) is 20.4 Å². The van der Waals surface area contributed by atoms with Gasteiger partial charge in [-0.2, -0.15) is 10.2 Å². The van der Waals surface area contributed by atoms with Gasteiger partial charge in [0.2, 0.25) is 5.89 Å². The van der Waals surface area contributed by atoms with Crippen LogP contribution in [0.1, 0.15) is 29.0 Å². The Labute approximate surface area is 96.5 Å². The molecule has 0 amide bonds. The Kier molecular flexibility index (Phi) is 2.82. The second-order valence-corrected chi connectivity index (χ2v) is 3.42. The van der Waals surface area contributed by atoms with E-state index in [4.69, 9.17) is 9.52 Å². The quantitative estimate of drug-likeness (QED) is 0.847. The van der Waals surface area contributed by atoms with Crippen molar-refractivity contribution >= 4 is 5.97 Å². The lowest BCUT2D eigenvalue weighted by atomic mass is 10.1. The summed E-state index contributed by atoms with van der Waals surface area (Å²) in [6.07, 6.45) is 0.646. The molecule has 0 saturated carbocycles. The van der Waals surface area contributed by atoms with Crippen molar-refractivity contribution in [1.29, 1.82) is 0 Å². The highest BCUT2D eigenvalue weighted by Crippen LogP contribution is 2.21. The molecule has 2 aromatic rings. The summed E-state index contributed by atoms with van der Waals surface area (Å²) in [7, 11) is 0. The molecule has 17 heavy (non-hydrogen) atoms. The number of nitrogens with zero attached hydrogens (tertiary/aromatic N) is 4. The molecule has 88 valence electrons. The maximum absolute atomic E-state index is 10.6. The number of rotatable bonds is 3. The number of carboxylic acids is 1. The van der Waals surface area contributed by atoms with Gasteiger partial charge in [-0.3, -0.25) is 0 Å². The van der Waals surface area contributed by atoms with Crippen molar-refractivity contribution in [3.63, 3.8) is 0 Å². The Morgan fingerprint density at radius 2 is 2.12 bits per heavy atom. The lowest BCUT2D eigenvalue weighted by Gasteiger charge is -2.01. The molecule has 0 atom stereocenters. The number of hydrogen-bond donors (Lipinski definition) is 1. The smallest absolute Gasteiger partial charge is 0.393 e. The van der Waals surface area contributed by atoms with E-state index >= 15 is 0 Å². The first kappa shape index (κ1) is 11.2. The molecular formula is C10H10N4O3. The topological polar surface area (TPSA) is 102 Å². The van der Waals surface area contributed by atoms with Gasteiger partial charge in [-0.1, -0.05) is 6.92 Å². The standard InChI is InChI=1S/C10H10N4O3/c1-3-7-6(4-5(2)11-12-7)8-13-14-9(17-8)10(15)16/h4H,3H2,1-2H3,(H,15,16). The van der Waals surface area contributed by atoms with Gasteiger partial charge < -0.3 is 9.52 Å². The van der Waals surface area contributed by atoms with Crippen LogP contribution in [0.15, 0.2) is 10.5 Å². The van der Waals surface area contributed by atoms with E-state index in [2.05, 4.69) is 20.4 Å². The lowest BCUT2D eigenvalue weighted by Crippen LogP contribution is -1.97. The van der Waals surface area contributed by atoms with Gasteiger partial charge in [0.25, 0.3) is 0 Å². The number of carboxylic acid groups (broad SMARTS) is 1. The van der Waals surface area contributed by atoms with E-state index in [0.29, 0.717) is 23.4 Å². The lowest BCUT2D eigenvalue weighted by molar-refractivity contribution is 0.0654. The minimum atomic E-state index is -1.25. The second kappa shape index (κ2) is 4.28. The average molecular weight is 234 g/mol. The number of aromatic nitrogens is 4. The van der Waals surface area contributed by atoms with Crippen molar-refractivity contribution in [2.45, 2.75) is 20.3 Å². The van der Waals surface area contributed by atoms with Gasteiger partial charge in [-0.15, -0.1) is 10.2 Å². The van der Waals surface area contributed by atoms with Crippen LogP contribution in [0, 0.1) is 6.92 Å². The van der Waals surface area contributed by atoms with Crippen molar-refractivity contribution in [3.05, 3.63) is 23.3 Å². The first-order chi connectivity index (χ1) is 8.11. The molecule has 0 aromatic carbocycles. The summed E-state index contributed by atoms with van der Waals surface area (Å²) >= 11 is 0. The number of aromatic carboxylic acids is 1. The SMILES string of the molecule is CCc1nnc(C)cc1-c1nnc(C(=O)O)o1. The highest BCUT2D eigenvalue weighted by atomic mass is 16.4. The summed E-state index contributed by atoms with van der Waals surface area (Å²) < 4.78 is 5.04. The largest absolute Gasteiger partial charge is 0.474 e. The van der Waals surface area contributed by atoms with Crippen LogP contribution < -0.4 is 0 Å². The Balaban J connectivity index is 2.51. The molecule has 2 aromatic heterocycles. The van der Waals surface area contributed by atoms with Crippen LogP contribution in [-0.2, 0) is 6.42 Å². The molecule has 0 radical (unpaired) electrons. The van der Waals surface area contributed by atoms with Gasteiger partial charge in [-0.25, -0.2) is 4.79 Å². The molecule has 7 heteroatoms. The third kappa shape index (κ3) is 2.12. The summed E-state index contributed by atoms with van der Waals surface area (Å²) in [5, 5.41) is 23.8. The maximum atomic E-state index is 10.6. The van der Waals surface area contributed by atoms with E-state index in [0.717, 1.165) is 0 Å². The van der Waals surface area contributed by atoms with E-state index in [1.807, 2.05) is 6.92 Å². The summed E-state index contributed by atoms with van der Waals surface area (Å²) in [4.78, 5) is 10.6. The van der Waals surface area contributed by atoms with Crippen molar-refractivity contribution in [2.24, 2.45) is 0 Å². The van der Waals surface area contributed by atoms with Crippen molar-refractivity contribution in [2.75, 3.05) is 0 Å². The molecule has 0 aliphatic carbocycles. The van der Waals surface area contributed by atoms with Gasteiger partial charge >= 0.3 is 11.9 Å². The average Bonchev–Trinajstić information content (AvgIpc) is 2.78. The van der Waals surface area contributed by atoms with Crippen LogP contribution in [0.25, 0.3) is 11.5 Å². The molecule has 0 spiro atoms. The molecule has 2 rings (SSSR count). The Bertz CT molecular complexity index is 564. The fourth-order valence-electron chi connectivity index (χ4n) is 1.38. The van der Waals surface area contributed by atoms with Crippen LogP contribution in [0.3, 0.4) is 0 Å². The summed E-state index contributed by atoms with van der Waals surface area (Å²) in [6, 6.07) is 1.74. The second-order valence-electron chi connectivity index (χ2n) is 3.42. The zero-order valence-corrected chi connectivity index (χ0v) is 9.34. The first-order valence-corrected chi connectivity index (χ1v) is 5.02. The predicted molar refractivity (Wildman–Crippen MR) is 56.4 cm³/mol. The van der Waals surface area contributed by atoms with Crippen LogP contribution in [0.4, 0.5) is 0 Å². The molecular weight excluding hydrogens is 224 g/mol. The normalized spacial score (nSPS) is 10.5. The van der Waals surface area contributed by atoms with Gasteiger partial charge in [0.15, 0.2) is 0 Å². The van der Waals surface area contributed by atoms with E-state index in [9.17, 15) is 4.79 Å². The van der Waals surface area contributed by atoms with Gasteiger partial charge in [0.1, 0.15) is 0 Å². The minimum Gasteiger partial charge on any atom is -0.474 e. The highest BCUT2D eigenvalue weighted by Gasteiger charge is 2.17. The number of carbonyl (C=O) groups is 1. The van der Waals surface area contributed by atoms with Crippen molar-refractivity contribution < 1.29 is 14.3 Å². The van der Waals surface area contributed by atoms with Crippen LogP contribution in [0.5, 0.6) is 0 Å². The van der Waals surface area contributed by atoms with Gasteiger partial charge in [0, 0.05) is 0 Å². The van der Waals surface area contributed by atoms with E-state index < -0.39 is 11.9 Å². The van der Waals surface area contributed by atoms with Crippen LogP contribution in [0.2, 0.25) is 0 Å². The van der Waals surface area contributed by atoms with E-state index in [-0.39, 0.29) is 5.89 Å². The third-order valence-electron chi connectivity index (χ3n) is 2.17. The minimum absolute atomic E-state index is 0.150. The fraction of sp³-hybridized carbons (Fsp3) is 0.300. The molecule has 0 saturated heterocycles. The number of aryl methyl sites for hydroxylation is 2. The van der Waals surface area contributed by atoms with Gasteiger partial charge in [0.05, 0.1) is 17.0 Å². The highest BCUT2D eigenvalue weighted by molar-refractivity contribution is 5.82. The van der Waals surface area contributed by atoms with E-state index in [1.54, 1.807) is 13.0 Å². The molecule has 0 fully saturated rings. The molecule has 0 aliphatic rings. The Morgan fingerprint density at radius 3 is 2.71 bits per heavy atom. The van der Waals surface area contributed by atoms with Crippen LogP contribution in [-0.4, -0.2) is 31.5 Å². The van der Waals surface area contributed by atoms with E-state index in [1.165, 1.54) is 0 Å². The fourth-order valence-corrected chi connectivity index (χ4v) is 1.38. The third-order valence-corrected chi connectivity index (χ3v) is 2.17. The molecule has 0 aliphatic heterocycles. The monoisotopic (exact) mass is 234 g/mol. The summed E-state index contributed by atoms with van der Waals surface area (Å²) in [6.45, 7) is 3.70. The predicted octanol–water partition coefficient (Wildman–Crippen LogP) is 1.10. The molecule has 2 heterocycles. The maximum Gasteiger partial charge on any atom is 0.393 e. The zero-order valence-electron chi connectivity index (χ0n) is 9.34.